The van der Waals surface area contributed by atoms with Crippen LogP contribution in [0, 0.1) is 0 Å². The molecule has 7 nitrogen and oxygen atoms in total. The van der Waals surface area contributed by atoms with Crippen LogP contribution >= 0.6 is 0 Å². The lowest BCUT2D eigenvalue weighted by molar-refractivity contribution is 0.642. The highest BCUT2D eigenvalue weighted by molar-refractivity contribution is 5.91. The van der Waals surface area contributed by atoms with Crippen molar-refractivity contribution in [1.29, 1.82) is 0 Å². The molecule has 4 heterocycles. The summed E-state index contributed by atoms with van der Waals surface area (Å²) in [5.74, 6) is 2.60. The van der Waals surface area contributed by atoms with Crippen LogP contribution in [0.5, 0.6) is 0 Å². The van der Waals surface area contributed by atoms with Gasteiger partial charge < -0.3 is 9.80 Å². The maximum Gasteiger partial charge on any atom is 0.163 e. The fourth-order valence-electron chi connectivity index (χ4n) is 3.53. The molecule has 1 fully saturated rings. The van der Waals surface area contributed by atoms with Gasteiger partial charge in [-0.05, 0) is 24.3 Å². The second kappa shape index (κ2) is 7.19. The Balaban J connectivity index is 1.49. The van der Waals surface area contributed by atoms with Crippen molar-refractivity contribution in [2.75, 3.05) is 36.0 Å². The lowest BCUT2D eigenvalue weighted by Gasteiger charge is -2.36. The summed E-state index contributed by atoms with van der Waals surface area (Å²) in [7, 11) is 0. The summed E-state index contributed by atoms with van der Waals surface area (Å²) < 4.78 is 0. The molecule has 0 unspecified atom stereocenters. The number of pyridine rings is 1. The molecule has 0 spiro atoms. The van der Waals surface area contributed by atoms with Gasteiger partial charge in [0, 0.05) is 61.9 Å². The van der Waals surface area contributed by atoms with Gasteiger partial charge in [0.15, 0.2) is 5.82 Å². The molecular formula is C21H19N7. The van der Waals surface area contributed by atoms with Gasteiger partial charge >= 0.3 is 0 Å². The molecule has 0 radical (unpaired) electrons. The summed E-state index contributed by atoms with van der Waals surface area (Å²) >= 11 is 0. The Bertz CT molecular complexity index is 1080. The average molecular weight is 369 g/mol. The molecule has 0 saturated carbocycles. The van der Waals surface area contributed by atoms with Crippen LogP contribution in [-0.4, -0.2) is 51.1 Å². The van der Waals surface area contributed by atoms with E-state index in [0.29, 0.717) is 5.82 Å². The van der Waals surface area contributed by atoms with Gasteiger partial charge in [-0.1, -0.05) is 12.1 Å². The van der Waals surface area contributed by atoms with Gasteiger partial charge in [0.05, 0.1) is 11.7 Å². The number of fused-ring (bicyclic) bond motifs is 1. The Morgan fingerprint density at radius 1 is 0.714 bits per heavy atom. The molecule has 3 aromatic heterocycles. The van der Waals surface area contributed by atoms with Gasteiger partial charge in [0.25, 0.3) is 0 Å². The third-order valence-corrected chi connectivity index (χ3v) is 4.96. The molecule has 28 heavy (non-hydrogen) atoms. The summed E-state index contributed by atoms with van der Waals surface area (Å²) in [5, 5.41) is 1.07. The van der Waals surface area contributed by atoms with Gasteiger partial charge in [-0.25, -0.2) is 15.0 Å². The van der Waals surface area contributed by atoms with Crippen LogP contribution in [-0.2, 0) is 0 Å². The Kier molecular flexibility index (Phi) is 4.25. The standard InChI is InChI=1S/C21H19N7/c1-2-6-18-17(5-1)21(26-20(25-18)16-4-3-7-22-14-16)28-12-10-27(11-13-28)19-15-23-8-9-24-19/h1-9,14-15H,10-13H2. The Labute approximate surface area is 162 Å². The van der Waals surface area contributed by atoms with Crippen LogP contribution in [0.25, 0.3) is 22.3 Å². The minimum absolute atomic E-state index is 0.707. The molecule has 4 aromatic rings. The van der Waals surface area contributed by atoms with E-state index in [1.165, 1.54) is 0 Å². The van der Waals surface area contributed by atoms with Crippen molar-refractivity contribution in [1.82, 2.24) is 24.9 Å². The van der Waals surface area contributed by atoms with Gasteiger partial charge in [-0.2, -0.15) is 0 Å². The number of para-hydroxylation sites is 1. The van der Waals surface area contributed by atoms with Crippen molar-refractivity contribution in [3.05, 3.63) is 67.4 Å². The van der Waals surface area contributed by atoms with E-state index < -0.39 is 0 Å². The van der Waals surface area contributed by atoms with E-state index in [4.69, 9.17) is 9.97 Å². The summed E-state index contributed by atoms with van der Waals surface area (Å²) in [6, 6.07) is 12.1. The zero-order valence-electron chi connectivity index (χ0n) is 15.3. The molecule has 1 aliphatic rings. The third-order valence-electron chi connectivity index (χ3n) is 4.96. The molecule has 7 heteroatoms. The quantitative estimate of drug-likeness (QED) is 0.550. The monoisotopic (exact) mass is 369 g/mol. The Morgan fingerprint density at radius 2 is 1.54 bits per heavy atom. The van der Waals surface area contributed by atoms with Gasteiger partial charge in [-0.15, -0.1) is 0 Å². The Morgan fingerprint density at radius 3 is 2.32 bits per heavy atom. The molecule has 0 bridgehead atoms. The molecular weight excluding hydrogens is 350 g/mol. The Hall–Kier alpha value is -3.61. The van der Waals surface area contributed by atoms with Crippen molar-refractivity contribution in [2.45, 2.75) is 0 Å². The number of nitrogens with zero attached hydrogens (tertiary/aromatic N) is 7. The average Bonchev–Trinajstić information content (AvgIpc) is 2.80. The molecule has 1 aromatic carbocycles. The maximum atomic E-state index is 4.92. The predicted molar refractivity (Wildman–Crippen MR) is 109 cm³/mol. The largest absolute Gasteiger partial charge is 0.352 e. The first-order valence-electron chi connectivity index (χ1n) is 9.31. The fraction of sp³-hybridized carbons (Fsp3) is 0.190. The molecule has 0 amide bonds. The number of aromatic nitrogens is 5. The first-order chi connectivity index (χ1) is 13.9. The molecule has 0 aliphatic carbocycles. The molecule has 0 atom stereocenters. The zero-order chi connectivity index (χ0) is 18.8. The second-order valence-corrected chi connectivity index (χ2v) is 6.67. The maximum absolute atomic E-state index is 4.92. The number of hydrogen-bond donors (Lipinski definition) is 0. The van der Waals surface area contributed by atoms with E-state index in [0.717, 1.165) is 54.3 Å². The number of benzene rings is 1. The zero-order valence-corrected chi connectivity index (χ0v) is 15.3. The van der Waals surface area contributed by atoms with Crippen LogP contribution < -0.4 is 9.80 Å². The van der Waals surface area contributed by atoms with E-state index >= 15 is 0 Å². The number of anilines is 2. The minimum atomic E-state index is 0.707. The molecule has 138 valence electrons. The highest BCUT2D eigenvalue weighted by Gasteiger charge is 2.22. The topological polar surface area (TPSA) is 70.9 Å². The van der Waals surface area contributed by atoms with Crippen molar-refractivity contribution >= 4 is 22.5 Å². The minimum Gasteiger partial charge on any atom is -0.352 e. The second-order valence-electron chi connectivity index (χ2n) is 6.67. The lowest BCUT2D eigenvalue weighted by atomic mass is 10.2. The summed E-state index contributed by atoms with van der Waals surface area (Å²) in [5.41, 5.74) is 1.87. The normalized spacial score (nSPS) is 14.4. The highest BCUT2D eigenvalue weighted by atomic mass is 15.3. The van der Waals surface area contributed by atoms with Gasteiger partial charge in [0.1, 0.15) is 11.6 Å². The highest BCUT2D eigenvalue weighted by Crippen LogP contribution is 2.28. The predicted octanol–water partition coefficient (Wildman–Crippen LogP) is 2.81. The van der Waals surface area contributed by atoms with Crippen LogP contribution in [0.15, 0.2) is 67.4 Å². The first kappa shape index (κ1) is 16.6. The third kappa shape index (κ3) is 3.11. The van der Waals surface area contributed by atoms with Crippen LogP contribution in [0.4, 0.5) is 11.6 Å². The van der Waals surface area contributed by atoms with Crippen LogP contribution in [0.2, 0.25) is 0 Å². The summed E-state index contributed by atoms with van der Waals surface area (Å²) in [4.78, 5) is 27.1. The fourth-order valence-corrected chi connectivity index (χ4v) is 3.53. The molecule has 1 saturated heterocycles. The van der Waals surface area contributed by atoms with Gasteiger partial charge in [0.2, 0.25) is 0 Å². The van der Waals surface area contributed by atoms with Crippen LogP contribution in [0.1, 0.15) is 0 Å². The number of hydrogen-bond acceptors (Lipinski definition) is 7. The van der Waals surface area contributed by atoms with E-state index in [-0.39, 0.29) is 0 Å². The summed E-state index contributed by atoms with van der Waals surface area (Å²) in [6.07, 6.45) is 8.82. The summed E-state index contributed by atoms with van der Waals surface area (Å²) in [6.45, 7) is 3.48. The van der Waals surface area contributed by atoms with E-state index in [9.17, 15) is 0 Å². The van der Waals surface area contributed by atoms with Crippen LogP contribution in [0.3, 0.4) is 0 Å². The van der Waals surface area contributed by atoms with Crippen molar-refractivity contribution in [3.63, 3.8) is 0 Å². The van der Waals surface area contributed by atoms with Gasteiger partial charge in [-0.3, -0.25) is 9.97 Å². The SMILES string of the molecule is c1cncc(-c2nc(N3CCN(c4cnccn4)CC3)c3ccccc3n2)c1. The first-order valence-corrected chi connectivity index (χ1v) is 9.31. The lowest BCUT2D eigenvalue weighted by Crippen LogP contribution is -2.47. The van der Waals surface area contributed by atoms with E-state index in [1.807, 2.05) is 36.5 Å². The smallest absolute Gasteiger partial charge is 0.163 e. The van der Waals surface area contributed by atoms with Crippen molar-refractivity contribution in [3.8, 4) is 11.4 Å². The van der Waals surface area contributed by atoms with E-state index in [2.05, 4.69) is 30.8 Å². The molecule has 5 rings (SSSR count). The number of piperazine rings is 1. The van der Waals surface area contributed by atoms with Crippen molar-refractivity contribution in [2.24, 2.45) is 0 Å². The van der Waals surface area contributed by atoms with Crippen molar-refractivity contribution < 1.29 is 0 Å². The number of rotatable bonds is 3. The van der Waals surface area contributed by atoms with E-state index in [1.54, 1.807) is 24.8 Å². The molecule has 1 aliphatic heterocycles. The molecule has 0 N–H and O–H groups in total.